The van der Waals surface area contributed by atoms with Crippen LogP contribution in [0.5, 0.6) is 0 Å². The Labute approximate surface area is 236 Å². The fourth-order valence-corrected chi connectivity index (χ4v) is 5.49. The summed E-state index contributed by atoms with van der Waals surface area (Å²) in [6, 6.07) is 5.42. The molecule has 0 spiro atoms. The van der Waals surface area contributed by atoms with Crippen molar-refractivity contribution >= 4 is 40.1 Å². The van der Waals surface area contributed by atoms with E-state index in [9.17, 15) is 23.8 Å². The minimum absolute atomic E-state index is 0.123. The summed E-state index contributed by atoms with van der Waals surface area (Å²) in [6.45, 7) is 7.19. The predicted octanol–water partition coefficient (Wildman–Crippen LogP) is 4.65. The number of aromatic nitrogens is 4. The molecule has 0 amide bonds. The van der Waals surface area contributed by atoms with Crippen molar-refractivity contribution in [3.63, 3.8) is 0 Å². The maximum absolute atomic E-state index is 14.4. The third kappa shape index (κ3) is 5.82. The molecule has 1 aliphatic heterocycles. The average Bonchev–Trinajstić information content (AvgIpc) is 3.69. The van der Waals surface area contributed by atoms with Gasteiger partial charge in [-0.05, 0) is 57.2 Å². The molecule has 0 bridgehead atoms. The number of hydrogen-bond donors (Lipinski definition) is 3. The van der Waals surface area contributed by atoms with E-state index in [1.54, 1.807) is 33.9 Å². The first-order valence-electron chi connectivity index (χ1n) is 13.8. The van der Waals surface area contributed by atoms with Gasteiger partial charge in [-0.2, -0.15) is 4.98 Å². The molecule has 40 heavy (non-hydrogen) atoms. The number of aryl methyl sites for hydroxylation is 1. The Bertz CT molecular complexity index is 1430. The van der Waals surface area contributed by atoms with Gasteiger partial charge in [0.1, 0.15) is 5.02 Å². The number of imidazole rings is 1. The molecule has 1 aromatic carbocycles. The Morgan fingerprint density at radius 3 is 2.48 bits per heavy atom. The molecule has 218 valence electrons. The van der Waals surface area contributed by atoms with Crippen LogP contribution in [0.25, 0.3) is 11.0 Å². The number of benzene rings is 1. The lowest BCUT2D eigenvalue weighted by molar-refractivity contribution is -0.105. The smallest absolute Gasteiger partial charge is 0.329 e. The molecular formula is C28H37ClF2N6O3. The topological polar surface area (TPSA) is 108 Å². The van der Waals surface area contributed by atoms with Crippen molar-refractivity contribution < 1.29 is 19.0 Å². The second-order valence-electron chi connectivity index (χ2n) is 12.1. The third-order valence-corrected chi connectivity index (χ3v) is 8.36. The van der Waals surface area contributed by atoms with Gasteiger partial charge in [-0.3, -0.25) is 9.13 Å². The van der Waals surface area contributed by atoms with E-state index in [0.717, 1.165) is 12.8 Å². The zero-order valence-corrected chi connectivity index (χ0v) is 24.0. The SMILES string of the molecule is C[C@@H]1CN(c2ncc(Cl)c(Nc3ccc4c(c3)n(CCC(C)(C)O)c(=O)n4CC(O)C3CC3)n2)C[C@H](C)C1(F)F. The zero-order valence-electron chi connectivity index (χ0n) is 23.2. The third-order valence-electron chi connectivity index (χ3n) is 8.08. The van der Waals surface area contributed by atoms with Crippen molar-refractivity contribution in [2.75, 3.05) is 23.3 Å². The molecule has 3 N–H and O–H groups in total. The lowest BCUT2D eigenvalue weighted by Gasteiger charge is -2.41. The molecule has 3 aromatic rings. The molecule has 12 heteroatoms. The molecular weight excluding hydrogens is 542 g/mol. The van der Waals surface area contributed by atoms with Gasteiger partial charge in [0.25, 0.3) is 5.92 Å². The molecule has 2 aromatic heterocycles. The normalized spacial score (nSPS) is 22.1. The van der Waals surface area contributed by atoms with E-state index >= 15 is 0 Å². The Balaban J connectivity index is 1.46. The van der Waals surface area contributed by atoms with Gasteiger partial charge in [-0.25, -0.2) is 18.6 Å². The van der Waals surface area contributed by atoms with E-state index in [1.165, 1.54) is 20.0 Å². The van der Waals surface area contributed by atoms with Gasteiger partial charge in [-0.15, -0.1) is 0 Å². The lowest BCUT2D eigenvalue weighted by atomic mass is 9.87. The Morgan fingerprint density at radius 2 is 1.85 bits per heavy atom. The first-order valence-corrected chi connectivity index (χ1v) is 14.2. The van der Waals surface area contributed by atoms with E-state index in [2.05, 4.69) is 15.3 Å². The van der Waals surface area contributed by atoms with Crippen LogP contribution < -0.4 is 15.9 Å². The van der Waals surface area contributed by atoms with Gasteiger partial charge in [0.2, 0.25) is 5.95 Å². The Kier molecular flexibility index (Phi) is 7.60. The van der Waals surface area contributed by atoms with Crippen LogP contribution >= 0.6 is 11.6 Å². The molecule has 2 fully saturated rings. The molecule has 1 saturated heterocycles. The van der Waals surface area contributed by atoms with Gasteiger partial charge in [-0.1, -0.05) is 25.4 Å². The van der Waals surface area contributed by atoms with Crippen molar-refractivity contribution in [2.45, 2.75) is 77.7 Å². The highest BCUT2D eigenvalue weighted by atomic mass is 35.5. The summed E-state index contributed by atoms with van der Waals surface area (Å²) in [7, 11) is 0. The second-order valence-corrected chi connectivity index (χ2v) is 12.5. The highest BCUT2D eigenvalue weighted by Gasteiger charge is 2.47. The molecule has 2 aliphatic rings. The van der Waals surface area contributed by atoms with Crippen LogP contribution in [0.4, 0.5) is 26.2 Å². The summed E-state index contributed by atoms with van der Waals surface area (Å²) in [6.07, 6.45) is 3.13. The molecule has 0 radical (unpaired) electrons. The number of aliphatic hydroxyl groups is 2. The van der Waals surface area contributed by atoms with E-state index in [-0.39, 0.29) is 36.3 Å². The fraction of sp³-hybridized carbons (Fsp3) is 0.607. The summed E-state index contributed by atoms with van der Waals surface area (Å²) >= 11 is 6.42. The fourth-order valence-electron chi connectivity index (χ4n) is 5.36. The number of nitrogens with one attached hydrogen (secondary N) is 1. The summed E-state index contributed by atoms with van der Waals surface area (Å²) in [5.74, 6) is -3.61. The molecule has 1 unspecified atom stereocenters. The number of fused-ring (bicyclic) bond motifs is 1. The molecule has 3 heterocycles. The number of rotatable bonds is 9. The standard InChI is InChI=1S/C28H37ClF2N6O3/c1-16-13-35(14-17(2)28(16,30)31)25-32-12-20(29)24(34-25)33-19-7-8-21-22(11-19)36(10-9-27(3,4)40)26(39)37(21)15-23(38)18-5-6-18/h7-8,11-12,16-18,23,38,40H,5-6,9-10,13-15H2,1-4H3,(H,32,33,34)/t16-,17+,23?. The molecule has 1 saturated carbocycles. The molecule has 3 atom stereocenters. The van der Waals surface area contributed by atoms with Crippen LogP contribution in [-0.2, 0) is 13.1 Å². The van der Waals surface area contributed by atoms with Crippen LogP contribution in [-0.4, -0.2) is 60.0 Å². The number of alkyl halides is 2. The van der Waals surface area contributed by atoms with Crippen LogP contribution in [0.15, 0.2) is 29.2 Å². The number of anilines is 3. The largest absolute Gasteiger partial charge is 0.391 e. The van der Waals surface area contributed by atoms with E-state index in [0.29, 0.717) is 41.5 Å². The number of halogens is 3. The van der Waals surface area contributed by atoms with Crippen molar-refractivity contribution in [3.05, 3.63) is 39.9 Å². The summed E-state index contributed by atoms with van der Waals surface area (Å²) in [4.78, 5) is 24.0. The predicted molar refractivity (Wildman–Crippen MR) is 152 cm³/mol. The Morgan fingerprint density at radius 1 is 1.18 bits per heavy atom. The van der Waals surface area contributed by atoms with Crippen molar-refractivity contribution in [1.82, 2.24) is 19.1 Å². The van der Waals surface area contributed by atoms with E-state index in [4.69, 9.17) is 11.6 Å². The monoisotopic (exact) mass is 578 g/mol. The maximum Gasteiger partial charge on any atom is 0.329 e. The van der Waals surface area contributed by atoms with Crippen molar-refractivity contribution in [3.8, 4) is 0 Å². The van der Waals surface area contributed by atoms with Gasteiger partial charge in [0.05, 0.1) is 35.5 Å². The molecule has 5 rings (SSSR count). The number of aliphatic hydroxyl groups excluding tert-OH is 1. The summed E-state index contributed by atoms with van der Waals surface area (Å²) < 4.78 is 32.0. The van der Waals surface area contributed by atoms with Crippen LogP contribution in [0, 0.1) is 17.8 Å². The first-order chi connectivity index (χ1) is 18.7. The molecule has 1 aliphatic carbocycles. The van der Waals surface area contributed by atoms with Crippen molar-refractivity contribution in [2.24, 2.45) is 17.8 Å². The minimum Gasteiger partial charge on any atom is -0.391 e. The average molecular weight is 579 g/mol. The Hall–Kier alpha value is -2.76. The van der Waals surface area contributed by atoms with Gasteiger partial charge in [0.15, 0.2) is 5.82 Å². The second kappa shape index (κ2) is 10.6. The highest BCUT2D eigenvalue weighted by molar-refractivity contribution is 6.32. The summed E-state index contributed by atoms with van der Waals surface area (Å²) in [5.41, 5.74) is 0.730. The zero-order chi connectivity index (χ0) is 29.0. The number of hydrogen-bond acceptors (Lipinski definition) is 7. The van der Waals surface area contributed by atoms with E-state index in [1.807, 2.05) is 12.1 Å². The maximum atomic E-state index is 14.4. The first kappa shape index (κ1) is 28.8. The van der Waals surface area contributed by atoms with Crippen LogP contribution in [0.1, 0.15) is 47.0 Å². The summed E-state index contributed by atoms with van der Waals surface area (Å²) in [5, 5.41) is 24.3. The van der Waals surface area contributed by atoms with E-state index < -0.39 is 29.5 Å². The molecule has 9 nitrogen and oxygen atoms in total. The highest BCUT2D eigenvalue weighted by Crippen LogP contribution is 2.39. The van der Waals surface area contributed by atoms with Gasteiger partial charge in [0, 0.05) is 37.2 Å². The number of nitrogens with zero attached hydrogens (tertiary/aromatic N) is 5. The van der Waals surface area contributed by atoms with Crippen LogP contribution in [0.3, 0.4) is 0 Å². The van der Waals surface area contributed by atoms with Crippen molar-refractivity contribution in [1.29, 1.82) is 0 Å². The number of piperidine rings is 1. The van der Waals surface area contributed by atoms with Gasteiger partial charge < -0.3 is 20.4 Å². The minimum atomic E-state index is -2.76. The lowest BCUT2D eigenvalue weighted by Crippen LogP contribution is -2.52. The van der Waals surface area contributed by atoms with Crippen LogP contribution in [0.2, 0.25) is 5.02 Å². The quantitative estimate of drug-likeness (QED) is 0.339. The van der Waals surface area contributed by atoms with Gasteiger partial charge >= 0.3 is 5.69 Å².